The Bertz CT molecular complexity index is 1080. The maximum absolute atomic E-state index is 13.4. The van der Waals surface area contributed by atoms with Crippen LogP contribution in [0.3, 0.4) is 0 Å². The second-order valence-electron chi connectivity index (χ2n) is 10.7. The van der Waals surface area contributed by atoms with Crippen molar-refractivity contribution >= 4 is 5.97 Å². The van der Waals surface area contributed by atoms with E-state index in [2.05, 4.69) is 4.90 Å². The molecular weight excluding hydrogens is 508 g/mol. The third-order valence-electron chi connectivity index (χ3n) is 8.07. The quantitative estimate of drug-likeness (QED) is 0.359. The molecule has 3 nitrogen and oxygen atoms in total. The number of likely N-dealkylation sites (tertiary alicyclic amines) is 1. The summed E-state index contributed by atoms with van der Waals surface area (Å²) in [7, 11) is 0. The van der Waals surface area contributed by atoms with Crippen LogP contribution in [0.1, 0.15) is 74.1 Å². The molecule has 2 aliphatic rings. The van der Waals surface area contributed by atoms with Crippen molar-refractivity contribution in [3.8, 4) is 11.1 Å². The van der Waals surface area contributed by atoms with E-state index in [-0.39, 0.29) is 38.4 Å². The molecule has 1 atom stereocenters. The van der Waals surface area contributed by atoms with Gasteiger partial charge < -0.3 is 5.11 Å². The number of carboxylic acid groups (broad SMARTS) is 1. The lowest BCUT2D eigenvalue weighted by Crippen LogP contribution is -2.41. The predicted octanol–water partition coefficient (Wildman–Crippen LogP) is 8.29. The van der Waals surface area contributed by atoms with Crippen LogP contribution in [0.2, 0.25) is 0 Å². The fourth-order valence-corrected chi connectivity index (χ4v) is 6.02. The fourth-order valence-electron chi connectivity index (χ4n) is 6.02. The molecule has 0 amide bonds. The Morgan fingerprint density at radius 3 is 2.08 bits per heavy atom. The highest BCUT2D eigenvalue weighted by Crippen LogP contribution is 2.43. The van der Waals surface area contributed by atoms with Gasteiger partial charge in [0, 0.05) is 6.04 Å². The van der Waals surface area contributed by atoms with Crippen molar-refractivity contribution in [1.29, 1.82) is 0 Å². The van der Waals surface area contributed by atoms with Crippen LogP contribution in [0.4, 0.5) is 26.3 Å². The summed E-state index contributed by atoms with van der Waals surface area (Å²) in [5, 5.41) is 9.32. The number of carboxylic acids is 1. The van der Waals surface area contributed by atoms with Gasteiger partial charge in [-0.05, 0) is 72.7 Å². The summed E-state index contributed by atoms with van der Waals surface area (Å²) in [6.07, 6.45) is -2.71. The van der Waals surface area contributed by atoms with Crippen LogP contribution in [-0.4, -0.2) is 35.2 Å². The van der Waals surface area contributed by atoms with E-state index in [1.54, 1.807) is 12.1 Å². The Hall–Kier alpha value is -2.55. The van der Waals surface area contributed by atoms with Crippen molar-refractivity contribution in [1.82, 2.24) is 4.90 Å². The zero-order valence-corrected chi connectivity index (χ0v) is 21.1. The van der Waals surface area contributed by atoms with Crippen LogP contribution in [0.15, 0.2) is 42.5 Å². The van der Waals surface area contributed by atoms with E-state index in [1.165, 1.54) is 18.6 Å². The van der Waals surface area contributed by atoms with Gasteiger partial charge in [-0.2, -0.15) is 26.3 Å². The summed E-state index contributed by atoms with van der Waals surface area (Å²) in [6, 6.07) is 9.84. The molecule has 0 aromatic heterocycles. The molecular formula is C29H33F6NO2. The van der Waals surface area contributed by atoms with Crippen molar-refractivity contribution < 1.29 is 36.2 Å². The molecule has 1 saturated carbocycles. The SMILES string of the molecule is O=C(O)Cc1ccc(C(CC2CCCCC2)N2CCC(C(F)(F)F)CC2)c(-c2ccc(C(F)(F)F)cc2)c1. The molecule has 2 aromatic carbocycles. The second-order valence-corrected chi connectivity index (χ2v) is 10.7. The Kier molecular flexibility index (Phi) is 8.75. The summed E-state index contributed by atoms with van der Waals surface area (Å²) in [5.74, 6) is -1.95. The molecule has 2 fully saturated rings. The normalized spacial score (nSPS) is 19.4. The molecule has 38 heavy (non-hydrogen) atoms. The van der Waals surface area contributed by atoms with Crippen molar-refractivity contribution in [2.75, 3.05) is 13.1 Å². The zero-order valence-electron chi connectivity index (χ0n) is 21.1. The van der Waals surface area contributed by atoms with E-state index in [4.69, 9.17) is 0 Å². The van der Waals surface area contributed by atoms with Gasteiger partial charge in [0.2, 0.25) is 0 Å². The van der Waals surface area contributed by atoms with Crippen LogP contribution in [0.25, 0.3) is 11.1 Å². The van der Waals surface area contributed by atoms with E-state index in [0.717, 1.165) is 49.8 Å². The minimum Gasteiger partial charge on any atom is -0.481 e. The standard InChI is InChI=1S/C29H33F6NO2/c30-28(31,32)22-9-7-21(8-10-22)25-16-20(18-27(37)38)6-11-24(25)26(17-19-4-2-1-3-5-19)36-14-12-23(13-15-36)29(33,34)35/h6-11,16,19,23,26H,1-5,12-15,17-18H2,(H,37,38). The van der Waals surface area contributed by atoms with Crippen LogP contribution in [-0.2, 0) is 17.4 Å². The molecule has 1 aliphatic carbocycles. The van der Waals surface area contributed by atoms with Gasteiger partial charge in [-0.15, -0.1) is 0 Å². The van der Waals surface area contributed by atoms with E-state index in [1.807, 2.05) is 6.07 Å². The van der Waals surface area contributed by atoms with Crippen LogP contribution >= 0.6 is 0 Å². The van der Waals surface area contributed by atoms with Gasteiger partial charge in [-0.3, -0.25) is 9.69 Å². The minimum absolute atomic E-state index is 0.0113. The average Bonchev–Trinajstić information content (AvgIpc) is 2.87. The number of alkyl halides is 6. The molecule has 4 rings (SSSR count). The van der Waals surface area contributed by atoms with Gasteiger partial charge in [-0.1, -0.05) is 62.4 Å². The average molecular weight is 542 g/mol. The van der Waals surface area contributed by atoms with Crippen LogP contribution in [0.5, 0.6) is 0 Å². The first-order valence-corrected chi connectivity index (χ1v) is 13.2. The van der Waals surface area contributed by atoms with Crippen molar-refractivity contribution in [2.24, 2.45) is 11.8 Å². The number of hydrogen-bond acceptors (Lipinski definition) is 2. The molecule has 1 heterocycles. The third kappa shape index (κ3) is 7.10. The minimum atomic E-state index is -4.49. The van der Waals surface area contributed by atoms with Crippen molar-refractivity contribution in [2.45, 2.75) is 76.2 Å². The van der Waals surface area contributed by atoms with Crippen molar-refractivity contribution in [3.63, 3.8) is 0 Å². The summed E-state index contributed by atoms with van der Waals surface area (Å²) in [5.41, 5.74) is 1.73. The maximum Gasteiger partial charge on any atom is 0.416 e. The Morgan fingerprint density at radius 1 is 0.895 bits per heavy atom. The number of hydrogen-bond donors (Lipinski definition) is 1. The molecule has 1 N–H and O–H groups in total. The summed E-state index contributed by atoms with van der Waals surface area (Å²) in [6.45, 7) is 0.565. The van der Waals surface area contributed by atoms with Gasteiger partial charge in [0.15, 0.2) is 0 Å². The topological polar surface area (TPSA) is 40.5 Å². The van der Waals surface area contributed by atoms with Crippen LogP contribution in [0, 0.1) is 11.8 Å². The Labute approximate surface area is 218 Å². The van der Waals surface area contributed by atoms with Gasteiger partial charge in [0.1, 0.15) is 0 Å². The van der Waals surface area contributed by atoms with Gasteiger partial charge >= 0.3 is 18.3 Å². The first-order valence-electron chi connectivity index (χ1n) is 13.2. The smallest absolute Gasteiger partial charge is 0.416 e. The second kappa shape index (κ2) is 11.7. The number of halogens is 6. The lowest BCUT2D eigenvalue weighted by atomic mass is 9.80. The number of carbonyl (C=O) groups is 1. The van der Waals surface area contributed by atoms with Gasteiger partial charge in [-0.25, -0.2) is 0 Å². The predicted molar refractivity (Wildman–Crippen MR) is 133 cm³/mol. The molecule has 208 valence electrons. The first kappa shape index (κ1) is 28.5. The van der Waals surface area contributed by atoms with E-state index < -0.39 is 29.8 Å². The third-order valence-corrected chi connectivity index (χ3v) is 8.07. The highest BCUT2D eigenvalue weighted by atomic mass is 19.4. The molecule has 1 aliphatic heterocycles. The van der Waals surface area contributed by atoms with Gasteiger partial charge in [0.05, 0.1) is 17.9 Å². The number of piperidine rings is 1. The molecule has 1 unspecified atom stereocenters. The number of aliphatic carboxylic acids is 1. The van der Waals surface area contributed by atoms with Crippen LogP contribution < -0.4 is 0 Å². The largest absolute Gasteiger partial charge is 0.481 e. The first-order chi connectivity index (χ1) is 17.9. The van der Waals surface area contributed by atoms with E-state index >= 15 is 0 Å². The molecule has 9 heteroatoms. The highest BCUT2D eigenvalue weighted by molar-refractivity contribution is 5.74. The molecule has 0 spiro atoms. The number of benzene rings is 2. The fraction of sp³-hybridized carbons (Fsp3) is 0.552. The summed E-state index contributed by atoms with van der Waals surface area (Å²) in [4.78, 5) is 13.5. The molecule has 1 saturated heterocycles. The maximum atomic E-state index is 13.4. The lowest BCUT2D eigenvalue weighted by molar-refractivity contribution is -0.186. The summed E-state index contributed by atoms with van der Waals surface area (Å²) < 4.78 is 79.7. The molecule has 0 radical (unpaired) electrons. The molecule has 2 aromatic rings. The Balaban J connectivity index is 1.73. The van der Waals surface area contributed by atoms with E-state index in [0.29, 0.717) is 22.6 Å². The highest BCUT2D eigenvalue weighted by Gasteiger charge is 2.42. The lowest BCUT2D eigenvalue weighted by Gasteiger charge is -2.41. The summed E-state index contributed by atoms with van der Waals surface area (Å²) >= 11 is 0. The number of nitrogens with zero attached hydrogens (tertiary/aromatic N) is 1. The Morgan fingerprint density at radius 2 is 1.53 bits per heavy atom. The molecule has 0 bridgehead atoms. The van der Waals surface area contributed by atoms with Gasteiger partial charge in [0.25, 0.3) is 0 Å². The number of rotatable bonds is 7. The monoisotopic (exact) mass is 541 g/mol. The zero-order chi connectivity index (χ0) is 27.5. The van der Waals surface area contributed by atoms with Crippen molar-refractivity contribution in [3.05, 3.63) is 59.2 Å². The van der Waals surface area contributed by atoms with E-state index in [9.17, 15) is 36.2 Å².